The van der Waals surface area contributed by atoms with Crippen molar-refractivity contribution in [1.82, 2.24) is 20.1 Å². The van der Waals surface area contributed by atoms with Crippen LogP contribution in [-0.2, 0) is 13.1 Å². The molecule has 2 aromatic heterocycles. The van der Waals surface area contributed by atoms with E-state index in [4.69, 9.17) is 4.74 Å². The lowest BCUT2D eigenvalue weighted by Gasteiger charge is -2.09. The Hall–Kier alpha value is -1.88. The summed E-state index contributed by atoms with van der Waals surface area (Å²) in [6, 6.07) is 4.05. The summed E-state index contributed by atoms with van der Waals surface area (Å²) in [5.74, 6) is 1.98. The highest BCUT2D eigenvalue weighted by atomic mass is 16.5. The molecule has 2 heterocycles. The predicted molar refractivity (Wildman–Crippen MR) is 83.5 cm³/mol. The quantitative estimate of drug-likeness (QED) is 0.850. The molecule has 0 atom stereocenters. The molecule has 0 radical (unpaired) electrons. The molecule has 0 bridgehead atoms. The zero-order chi connectivity index (χ0) is 15.2. The van der Waals surface area contributed by atoms with E-state index in [1.807, 2.05) is 30.8 Å². The first kappa shape index (κ1) is 15.5. The minimum atomic E-state index is 0.618. The third-order valence-corrected chi connectivity index (χ3v) is 3.03. The summed E-state index contributed by atoms with van der Waals surface area (Å²) < 4.78 is 7.62. The van der Waals surface area contributed by atoms with Crippen molar-refractivity contribution in [2.24, 2.45) is 5.92 Å². The van der Waals surface area contributed by atoms with Crippen molar-refractivity contribution in [2.75, 3.05) is 6.54 Å². The standard InChI is InChI=1S/C16H24N4O/c1-5-20-11-15(10-18-20)21-16-7-14(6-13(4)19-16)9-17-8-12(2)3/h6-7,10-12,17H,5,8-9H2,1-4H3. The number of pyridine rings is 1. The van der Waals surface area contributed by atoms with Crippen LogP contribution in [0.5, 0.6) is 11.6 Å². The molecule has 5 nitrogen and oxygen atoms in total. The van der Waals surface area contributed by atoms with Gasteiger partial charge in [0, 0.05) is 24.8 Å². The maximum atomic E-state index is 5.79. The Bertz CT molecular complexity index is 577. The average Bonchev–Trinajstić information content (AvgIpc) is 2.85. The number of aromatic nitrogens is 3. The molecular weight excluding hydrogens is 264 g/mol. The molecule has 21 heavy (non-hydrogen) atoms. The zero-order valence-electron chi connectivity index (χ0n) is 13.3. The Morgan fingerprint density at radius 2 is 2.14 bits per heavy atom. The number of ether oxygens (including phenoxy) is 1. The van der Waals surface area contributed by atoms with Gasteiger partial charge in [0.1, 0.15) is 0 Å². The van der Waals surface area contributed by atoms with Gasteiger partial charge < -0.3 is 10.1 Å². The van der Waals surface area contributed by atoms with E-state index in [0.29, 0.717) is 11.8 Å². The number of nitrogens with zero attached hydrogens (tertiary/aromatic N) is 3. The van der Waals surface area contributed by atoms with E-state index in [9.17, 15) is 0 Å². The van der Waals surface area contributed by atoms with Crippen LogP contribution in [-0.4, -0.2) is 21.3 Å². The molecule has 0 fully saturated rings. The molecule has 0 amide bonds. The van der Waals surface area contributed by atoms with Gasteiger partial charge in [0.05, 0.1) is 12.4 Å². The molecule has 0 aliphatic carbocycles. The van der Waals surface area contributed by atoms with Crippen LogP contribution < -0.4 is 10.1 Å². The van der Waals surface area contributed by atoms with Crippen molar-refractivity contribution in [1.29, 1.82) is 0 Å². The van der Waals surface area contributed by atoms with Crippen molar-refractivity contribution in [3.8, 4) is 11.6 Å². The van der Waals surface area contributed by atoms with Crippen molar-refractivity contribution in [3.05, 3.63) is 35.8 Å². The van der Waals surface area contributed by atoms with E-state index < -0.39 is 0 Å². The van der Waals surface area contributed by atoms with Crippen LogP contribution in [0.15, 0.2) is 24.5 Å². The molecule has 1 N–H and O–H groups in total. The SMILES string of the molecule is CCn1cc(Oc2cc(CNCC(C)C)cc(C)n2)cn1. The third-order valence-electron chi connectivity index (χ3n) is 3.03. The molecule has 0 unspecified atom stereocenters. The Labute approximate surface area is 126 Å². The van der Waals surface area contributed by atoms with Crippen LogP contribution in [0, 0.1) is 12.8 Å². The zero-order valence-corrected chi connectivity index (χ0v) is 13.3. The second-order valence-electron chi connectivity index (χ2n) is 5.61. The Balaban J connectivity index is 2.03. The van der Waals surface area contributed by atoms with Crippen molar-refractivity contribution in [3.63, 3.8) is 0 Å². The topological polar surface area (TPSA) is 52.0 Å². The number of hydrogen-bond donors (Lipinski definition) is 1. The van der Waals surface area contributed by atoms with Gasteiger partial charge in [0.25, 0.3) is 0 Å². The van der Waals surface area contributed by atoms with E-state index >= 15 is 0 Å². The van der Waals surface area contributed by atoms with Crippen LogP contribution >= 0.6 is 0 Å². The van der Waals surface area contributed by atoms with Crippen LogP contribution in [0.1, 0.15) is 32.0 Å². The molecular formula is C16H24N4O. The lowest BCUT2D eigenvalue weighted by molar-refractivity contribution is 0.458. The summed E-state index contributed by atoms with van der Waals surface area (Å²) in [5.41, 5.74) is 2.14. The van der Waals surface area contributed by atoms with Crippen molar-refractivity contribution < 1.29 is 4.74 Å². The number of nitrogens with one attached hydrogen (secondary N) is 1. The lowest BCUT2D eigenvalue weighted by atomic mass is 10.2. The number of hydrogen-bond acceptors (Lipinski definition) is 4. The second-order valence-corrected chi connectivity index (χ2v) is 5.61. The second kappa shape index (κ2) is 7.22. The Morgan fingerprint density at radius 1 is 1.33 bits per heavy atom. The van der Waals surface area contributed by atoms with Crippen molar-refractivity contribution in [2.45, 2.75) is 40.8 Å². The molecule has 2 rings (SSSR count). The highest BCUT2D eigenvalue weighted by molar-refractivity contribution is 5.28. The first-order valence-corrected chi connectivity index (χ1v) is 7.45. The summed E-state index contributed by atoms with van der Waals surface area (Å²) in [6.07, 6.45) is 3.59. The number of rotatable bonds is 7. The van der Waals surface area contributed by atoms with Gasteiger partial charge in [0.2, 0.25) is 5.88 Å². The van der Waals surface area contributed by atoms with Gasteiger partial charge in [-0.05, 0) is 37.9 Å². The fourth-order valence-corrected chi connectivity index (χ4v) is 2.06. The molecule has 0 saturated carbocycles. The Morgan fingerprint density at radius 3 is 2.81 bits per heavy atom. The minimum absolute atomic E-state index is 0.618. The molecule has 0 saturated heterocycles. The summed E-state index contributed by atoms with van der Waals surface area (Å²) in [7, 11) is 0. The van der Waals surface area contributed by atoms with Gasteiger partial charge in [-0.1, -0.05) is 13.8 Å². The normalized spacial score (nSPS) is 11.1. The van der Waals surface area contributed by atoms with E-state index in [1.54, 1.807) is 6.20 Å². The largest absolute Gasteiger partial charge is 0.436 e. The predicted octanol–water partition coefficient (Wildman–Crippen LogP) is 3.14. The third kappa shape index (κ3) is 4.86. The van der Waals surface area contributed by atoms with Crippen LogP contribution in [0.25, 0.3) is 0 Å². The van der Waals surface area contributed by atoms with Crippen LogP contribution in [0.4, 0.5) is 0 Å². The van der Waals surface area contributed by atoms with Gasteiger partial charge in [0.15, 0.2) is 5.75 Å². The molecule has 0 aliphatic rings. The van der Waals surface area contributed by atoms with E-state index in [1.165, 1.54) is 5.56 Å². The Kier molecular flexibility index (Phi) is 5.33. The molecule has 5 heteroatoms. The number of aryl methyl sites for hydroxylation is 2. The molecule has 0 aliphatic heterocycles. The van der Waals surface area contributed by atoms with Gasteiger partial charge in [-0.25, -0.2) is 4.98 Å². The molecule has 0 aromatic carbocycles. The van der Waals surface area contributed by atoms with Crippen LogP contribution in [0.2, 0.25) is 0 Å². The average molecular weight is 288 g/mol. The van der Waals surface area contributed by atoms with Crippen LogP contribution in [0.3, 0.4) is 0 Å². The molecule has 2 aromatic rings. The summed E-state index contributed by atoms with van der Waals surface area (Å²) in [6.45, 7) is 11.1. The lowest BCUT2D eigenvalue weighted by Crippen LogP contribution is -2.19. The van der Waals surface area contributed by atoms with Crippen molar-refractivity contribution >= 4 is 0 Å². The summed E-state index contributed by atoms with van der Waals surface area (Å²) >= 11 is 0. The fourth-order valence-electron chi connectivity index (χ4n) is 2.06. The van der Waals surface area contributed by atoms with Gasteiger partial charge in [-0.2, -0.15) is 5.10 Å². The highest BCUT2D eigenvalue weighted by Gasteiger charge is 2.05. The molecule has 114 valence electrons. The first-order valence-electron chi connectivity index (χ1n) is 7.45. The summed E-state index contributed by atoms with van der Waals surface area (Å²) in [5, 5.41) is 7.63. The van der Waals surface area contributed by atoms with Gasteiger partial charge in [-0.15, -0.1) is 0 Å². The monoisotopic (exact) mass is 288 g/mol. The van der Waals surface area contributed by atoms with E-state index in [0.717, 1.165) is 31.1 Å². The fraction of sp³-hybridized carbons (Fsp3) is 0.500. The smallest absolute Gasteiger partial charge is 0.219 e. The minimum Gasteiger partial charge on any atom is -0.436 e. The maximum absolute atomic E-state index is 5.79. The van der Waals surface area contributed by atoms with Gasteiger partial charge in [-0.3, -0.25) is 4.68 Å². The van der Waals surface area contributed by atoms with E-state index in [2.05, 4.69) is 35.3 Å². The van der Waals surface area contributed by atoms with Gasteiger partial charge >= 0.3 is 0 Å². The first-order chi connectivity index (χ1) is 10.1. The molecule has 0 spiro atoms. The summed E-state index contributed by atoms with van der Waals surface area (Å²) in [4.78, 5) is 4.42. The van der Waals surface area contributed by atoms with E-state index in [-0.39, 0.29) is 0 Å². The highest BCUT2D eigenvalue weighted by Crippen LogP contribution is 2.20. The maximum Gasteiger partial charge on any atom is 0.219 e.